The molecule has 30 heavy (non-hydrogen) atoms. The molecule has 1 aromatic carbocycles. The first kappa shape index (κ1) is 19.0. The Bertz CT molecular complexity index is 948. The zero-order valence-electron chi connectivity index (χ0n) is 16.9. The van der Waals surface area contributed by atoms with Crippen LogP contribution < -0.4 is 4.90 Å². The Morgan fingerprint density at radius 3 is 2.57 bits per heavy atom. The number of piperazine rings is 1. The molecule has 7 heteroatoms. The highest BCUT2D eigenvalue weighted by atomic mass is 16.5. The van der Waals surface area contributed by atoms with Crippen molar-refractivity contribution in [3.63, 3.8) is 0 Å². The third-order valence-electron chi connectivity index (χ3n) is 6.48. The van der Waals surface area contributed by atoms with E-state index in [1.165, 1.54) is 5.69 Å². The second kappa shape index (κ2) is 7.71. The normalized spacial score (nSPS) is 23.4. The number of pyridine rings is 1. The van der Waals surface area contributed by atoms with Crippen molar-refractivity contribution in [3.8, 4) is 6.07 Å². The van der Waals surface area contributed by atoms with Gasteiger partial charge in [-0.2, -0.15) is 5.26 Å². The molecule has 0 bridgehead atoms. The number of nitriles is 1. The molecule has 0 N–H and O–H groups in total. The summed E-state index contributed by atoms with van der Waals surface area (Å²) in [4.78, 5) is 23.4. The molecular weight excluding hydrogens is 378 g/mol. The summed E-state index contributed by atoms with van der Waals surface area (Å²) in [5.74, 6) is 0.147. The molecule has 3 fully saturated rings. The van der Waals surface area contributed by atoms with Gasteiger partial charge in [0, 0.05) is 44.3 Å². The van der Waals surface area contributed by atoms with E-state index >= 15 is 0 Å². The zero-order chi connectivity index (χ0) is 20.6. The minimum Gasteiger partial charge on any atom is -0.371 e. The monoisotopic (exact) mass is 403 g/mol. The second-order valence-corrected chi connectivity index (χ2v) is 8.45. The highest BCUT2D eigenvalue weighted by Crippen LogP contribution is 2.38. The minimum atomic E-state index is -0.228. The highest BCUT2D eigenvalue weighted by Gasteiger charge is 2.50. The van der Waals surface area contributed by atoms with Crippen molar-refractivity contribution in [2.24, 2.45) is 0 Å². The molecule has 2 aromatic rings. The third kappa shape index (κ3) is 3.64. The molecular formula is C23H25N5O2. The fraction of sp³-hybridized carbons (Fsp3) is 0.435. The number of amides is 1. The number of carbonyl (C=O) groups excluding carboxylic acids is 1. The second-order valence-electron chi connectivity index (χ2n) is 8.45. The van der Waals surface area contributed by atoms with E-state index in [-0.39, 0.29) is 17.7 Å². The Morgan fingerprint density at radius 1 is 1.13 bits per heavy atom. The molecule has 0 aliphatic carbocycles. The molecule has 7 nitrogen and oxygen atoms in total. The van der Waals surface area contributed by atoms with Crippen LogP contribution >= 0.6 is 0 Å². The van der Waals surface area contributed by atoms with Gasteiger partial charge in [0.1, 0.15) is 6.23 Å². The maximum atomic E-state index is 12.8. The smallest absolute Gasteiger partial charge is 0.238 e. The van der Waals surface area contributed by atoms with Crippen LogP contribution in [0.5, 0.6) is 0 Å². The lowest BCUT2D eigenvalue weighted by molar-refractivity contribution is -0.149. The van der Waals surface area contributed by atoms with Crippen LogP contribution in [0.25, 0.3) is 0 Å². The lowest BCUT2D eigenvalue weighted by atomic mass is 9.91. The number of benzene rings is 1. The summed E-state index contributed by atoms with van der Waals surface area (Å²) < 4.78 is 6.53. The first-order valence-corrected chi connectivity index (χ1v) is 10.5. The number of rotatable bonds is 3. The van der Waals surface area contributed by atoms with E-state index in [0.29, 0.717) is 25.2 Å². The topological polar surface area (TPSA) is 72.7 Å². The number of fused-ring (bicyclic) bond motifs is 1. The standard InChI is InChI=1S/C23H25N5O2/c24-13-18-1-3-19(4-2-18)14-26-15-21(29)28-17-23(30-22(28)16-26)7-11-27(12-8-23)20-5-9-25-10-6-20/h1-6,9-10,22H,7-8,11-12,14-17H2. The lowest BCUT2D eigenvalue weighted by Gasteiger charge is -2.39. The van der Waals surface area contributed by atoms with E-state index in [1.54, 1.807) is 0 Å². The summed E-state index contributed by atoms with van der Waals surface area (Å²) in [5, 5.41) is 8.96. The first-order valence-electron chi connectivity index (χ1n) is 10.5. The highest BCUT2D eigenvalue weighted by molar-refractivity contribution is 5.79. The Morgan fingerprint density at radius 2 is 1.87 bits per heavy atom. The molecule has 154 valence electrons. The average Bonchev–Trinajstić information content (AvgIpc) is 3.14. The molecule has 0 radical (unpaired) electrons. The number of aromatic nitrogens is 1. The maximum absolute atomic E-state index is 12.8. The van der Waals surface area contributed by atoms with Gasteiger partial charge in [-0.1, -0.05) is 12.1 Å². The van der Waals surface area contributed by atoms with Crippen LogP contribution in [-0.2, 0) is 16.1 Å². The van der Waals surface area contributed by atoms with Crippen LogP contribution in [0.15, 0.2) is 48.8 Å². The van der Waals surface area contributed by atoms with Gasteiger partial charge in [-0.25, -0.2) is 0 Å². The summed E-state index contributed by atoms with van der Waals surface area (Å²) in [7, 11) is 0. The van der Waals surface area contributed by atoms with E-state index in [4.69, 9.17) is 10.00 Å². The van der Waals surface area contributed by atoms with Crippen molar-refractivity contribution in [1.29, 1.82) is 5.26 Å². The molecule has 1 spiro atoms. The number of nitrogens with zero attached hydrogens (tertiary/aromatic N) is 5. The summed E-state index contributed by atoms with van der Waals surface area (Å²) in [6.07, 6.45) is 5.33. The Balaban J connectivity index is 1.22. The Hall–Kier alpha value is -2.95. The average molecular weight is 403 g/mol. The van der Waals surface area contributed by atoms with E-state index < -0.39 is 0 Å². The fourth-order valence-electron chi connectivity index (χ4n) is 4.82. The minimum absolute atomic E-state index is 0.147. The molecule has 3 aliphatic rings. The SMILES string of the molecule is N#Cc1ccc(CN2CC(=O)N3CC4(CCN(c5ccncc5)CC4)OC3C2)cc1. The number of hydrogen-bond acceptors (Lipinski definition) is 6. The summed E-state index contributed by atoms with van der Waals surface area (Å²) >= 11 is 0. The zero-order valence-corrected chi connectivity index (χ0v) is 16.9. The van der Waals surface area contributed by atoms with Gasteiger partial charge in [0.2, 0.25) is 5.91 Å². The molecule has 1 aromatic heterocycles. The van der Waals surface area contributed by atoms with Gasteiger partial charge in [-0.3, -0.25) is 14.7 Å². The molecule has 3 aliphatic heterocycles. The van der Waals surface area contributed by atoms with Crippen molar-refractivity contribution in [2.75, 3.05) is 37.6 Å². The van der Waals surface area contributed by atoms with Gasteiger partial charge in [-0.05, 0) is 42.7 Å². The van der Waals surface area contributed by atoms with Gasteiger partial charge >= 0.3 is 0 Å². The van der Waals surface area contributed by atoms with Crippen molar-refractivity contribution in [1.82, 2.24) is 14.8 Å². The van der Waals surface area contributed by atoms with Gasteiger partial charge in [0.05, 0.1) is 30.3 Å². The van der Waals surface area contributed by atoms with E-state index in [9.17, 15) is 4.79 Å². The number of hydrogen-bond donors (Lipinski definition) is 0. The summed E-state index contributed by atoms with van der Waals surface area (Å²) in [6, 6.07) is 13.8. The summed E-state index contributed by atoms with van der Waals surface area (Å²) in [6.45, 7) is 4.38. The molecule has 1 unspecified atom stereocenters. The van der Waals surface area contributed by atoms with Crippen molar-refractivity contribution < 1.29 is 9.53 Å². The molecule has 1 atom stereocenters. The van der Waals surface area contributed by atoms with Crippen molar-refractivity contribution in [3.05, 3.63) is 59.9 Å². The van der Waals surface area contributed by atoms with E-state index in [2.05, 4.69) is 20.9 Å². The quantitative estimate of drug-likeness (QED) is 0.781. The molecule has 0 saturated carbocycles. The van der Waals surface area contributed by atoms with Gasteiger partial charge < -0.3 is 14.5 Å². The molecule has 5 rings (SSSR count). The molecule has 4 heterocycles. The largest absolute Gasteiger partial charge is 0.371 e. The van der Waals surface area contributed by atoms with Crippen LogP contribution in [0.4, 0.5) is 5.69 Å². The van der Waals surface area contributed by atoms with Crippen molar-refractivity contribution in [2.45, 2.75) is 31.2 Å². The number of anilines is 1. The Kier molecular flexibility index (Phi) is 4.89. The van der Waals surface area contributed by atoms with Gasteiger partial charge in [-0.15, -0.1) is 0 Å². The van der Waals surface area contributed by atoms with E-state index in [0.717, 1.165) is 38.0 Å². The maximum Gasteiger partial charge on any atom is 0.238 e. The first-order chi connectivity index (χ1) is 14.6. The predicted molar refractivity (Wildman–Crippen MR) is 111 cm³/mol. The summed E-state index contributed by atoms with van der Waals surface area (Å²) in [5.41, 5.74) is 2.72. The number of ether oxygens (including phenoxy) is 1. The fourth-order valence-corrected chi connectivity index (χ4v) is 4.82. The van der Waals surface area contributed by atoms with Crippen LogP contribution in [0.3, 0.4) is 0 Å². The predicted octanol–water partition coefficient (Wildman–Crippen LogP) is 1.99. The van der Waals surface area contributed by atoms with Crippen LogP contribution in [0.2, 0.25) is 0 Å². The Labute approximate surface area is 176 Å². The molecule has 1 amide bonds. The number of piperidine rings is 1. The number of carbonyl (C=O) groups is 1. The van der Waals surface area contributed by atoms with Crippen LogP contribution in [0.1, 0.15) is 24.0 Å². The van der Waals surface area contributed by atoms with Gasteiger partial charge in [0.25, 0.3) is 0 Å². The third-order valence-corrected chi connectivity index (χ3v) is 6.48. The van der Waals surface area contributed by atoms with Gasteiger partial charge in [0.15, 0.2) is 0 Å². The van der Waals surface area contributed by atoms with Crippen LogP contribution in [-0.4, -0.2) is 65.2 Å². The van der Waals surface area contributed by atoms with E-state index in [1.807, 2.05) is 53.7 Å². The lowest BCUT2D eigenvalue weighted by Crippen LogP contribution is -2.53. The van der Waals surface area contributed by atoms with Crippen molar-refractivity contribution >= 4 is 11.6 Å². The van der Waals surface area contributed by atoms with Crippen LogP contribution in [0, 0.1) is 11.3 Å². The molecule has 3 saturated heterocycles.